The molecule has 1 aliphatic carbocycles. The minimum atomic E-state index is -3.76. The summed E-state index contributed by atoms with van der Waals surface area (Å²) in [5, 5.41) is 5.63. The summed E-state index contributed by atoms with van der Waals surface area (Å²) >= 11 is 0. The Bertz CT molecular complexity index is 1470. The Hall–Kier alpha value is -3.02. The van der Waals surface area contributed by atoms with E-state index in [1.54, 1.807) is 6.07 Å². The van der Waals surface area contributed by atoms with Crippen LogP contribution in [0.4, 0.5) is 0 Å². The lowest BCUT2D eigenvalue weighted by atomic mass is 9.95. The van der Waals surface area contributed by atoms with E-state index < -0.39 is 15.9 Å². The van der Waals surface area contributed by atoms with Crippen LogP contribution in [0.25, 0.3) is 22.2 Å². The van der Waals surface area contributed by atoms with Gasteiger partial charge in [-0.2, -0.15) is 0 Å². The molecule has 0 spiro atoms. The van der Waals surface area contributed by atoms with Crippen LogP contribution in [0.15, 0.2) is 30.3 Å². The Morgan fingerprint density at radius 2 is 1.71 bits per heavy atom. The first-order chi connectivity index (χ1) is 19.6. The molecule has 1 amide bonds. The van der Waals surface area contributed by atoms with Gasteiger partial charge in [0.2, 0.25) is 15.9 Å². The predicted molar refractivity (Wildman–Crippen MR) is 161 cm³/mol. The third-order valence-corrected chi connectivity index (χ3v) is 8.55. The van der Waals surface area contributed by atoms with Gasteiger partial charge < -0.3 is 9.64 Å². The van der Waals surface area contributed by atoms with Crippen LogP contribution in [0.5, 0.6) is 5.88 Å². The zero-order valence-corrected chi connectivity index (χ0v) is 25.4. The van der Waals surface area contributed by atoms with Crippen LogP contribution >= 0.6 is 0 Å². The highest BCUT2D eigenvalue weighted by atomic mass is 32.2. The molecule has 1 saturated carbocycles. The van der Waals surface area contributed by atoms with Crippen molar-refractivity contribution in [1.29, 1.82) is 0 Å². The highest BCUT2D eigenvalue weighted by Crippen LogP contribution is 2.39. The van der Waals surface area contributed by atoms with Crippen LogP contribution in [0.3, 0.4) is 0 Å². The van der Waals surface area contributed by atoms with Crippen LogP contribution < -0.4 is 9.46 Å². The van der Waals surface area contributed by atoms with Crippen LogP contribution in [-0.4, -0.2) is 84.0 Å². The van der Waals surface area contributed by atoms with E-state index in [0.29, 0.717) is 11.5 Å². The molecular formula is C30H42N6O4S. The Labute approximate surface area is 243 Å². The van der Waals surface area contributed by atoms with E-state index in [-0.39, 0.29) is 17.8 Å². The molecule has 222 valence electrons. The summed E-state index contributed by atoms with van der Waals surface area (Å²) in [5.41, 5.74) is 3.43. The number of fused-ring (bicyclic) bond motifs is 1. The zero-order valence-electron chi connectivity index (χ0n) is 24.6. The molecule has 41 heavy (non-hydrogen) atoms. The molecule has 10 nitrogen and oxygen atoms in total. The number of likely N-dealkylation sites (N-methyl/N-ethyl adjacent to an activating group) is 1. The second-order valence-electron chi connectivity index (χ2n) is 11.6. The summed E-state index contributed by atoms with van der Waals surface area (Å²) in [5.74, 6) is -0.280. The van der Waals surface area contributed by atoms with Gasteiger partial charge in [0.25, 0.3) is 5.91 Å². The monoisotopic (exact) mass is 582 g/mol. The van der Waals surface area contributed by atoms with Gasteiger partial charge in [0, 0.05) is 38.3 Å². The number of hydrogen-bond acceptors (Lipinski definition) is 8. The maximum atomic E-state index is 13.1. The average molecular weight is 583 g/mol. The van der Waals surface area contributed by atoms with Crippen molar-refractivity contribution in [2.45, 2.75) is 71.6 Å². The molecule has 1 saturated heterocycles. The van der Waals surface area contributed by atoms with Crippen molar-refractivity contribution in [2.24, 2.45) is 0 Å². The zero-order chi connectivity index (χ0) is 29.1. The molecule has 2 fully saturated rings. The number of piperazine rings is 1. The van der Waals surface area contributed by atoms with E-state index in [0.717, 1.165) is 87.7 Å². The molecule has 3 aromatic rings. The fourth-order valence-corrected chi connectivity index (χ4v) is 6.31. The lowest BCUT2D eigenvalue weighted by Crippen LogP contribution is -2.45. The van der Waals surface area contributed by atoms with E-state index in [1.165, 1.54) is 12.0 Å². The standard InChI is InChI=1S/C30H42N6O4S/c1-5-34-15-17-35(18-16-34)20-22-11-13-23(14-12-22)25-19-26(29(37)33-41(4,38)39)31-28-27(25)30(40-21(2)3)32-36(28)24-9-7-6-8-10-24/h11-14,19,21,24H,5-10,15-18,20H2,1-4H3,(H,33,37). The fraction of sp³-hybridized carbons (Fsp3) is 0.567. The molecule has 0 bridgehead atoms. The van der Waals surface area contributed by atoms with Gasteiger partial charge >= 0.3 is 0 Å². The molecule has 2 aromatic heterocycles. The molecule has 0 radical (unpaired) electrons. The maximum Gasteiger partial charge on any atom is 0.283 e. The smallest absolute Gasteiger partial charge is 0.283 e. The number of pyridine rings is 1. The van der Waals surface area contributed by atoms with Gasteiger partial charge in [0.15, 0.2) is 5.65 Å². The molecule has 1 aliphatic heterocycles. The number of nitrogens with zero attached hydrogens (tertiary/aromatic N) is 5. The van der Waals surface area contributed by atoms with E-state index >= 15 is 0 Å². The summed E-state index contributed by atoms with van der Waals surface area (Å²) in [6.45, 7) is 12.4. The number of amides is 1. The number of rotatable bonds is 9. The summed E-state index contributed by atoms with van der Waals surface area (Å²) in [6.07, 6.45) is 6.18. The molecule has 3 heterocycles. The maximum absolute atomic E-state index is 13.1. The molecule has 11 heteroatoms. The second-order valence-corrected chi connectivity index (χ2v) is 13.3. The number of carbonyl (C=O) groups excluding carboxylic acids is 1. The van der Waals surface area contributed by atoms with E-state index in [4.69, 9.17) is 9.84 Å². The third-order valence-electron chi connectivity index (χ3n) is 7.99. The number of aromatic nitrogens is 3. The lowest BCUT2D eigenvalue weighted by Gasteiger charge is -2.34. The number of hydrogen-bond donors (Lipinski definition) is 1. The molecule has 2 aliphatic rings. The van der Waals surface area contributed by atoms with Crippen LogP contribution in [0.2, 0.25) is 0 Å². The van der Waals surface area contributed by atoms with Crippen molar-refractivity contribution < 1.29 is 17.9 Å². The van der Waals surface area contributed by atoms with Crippen LogP contribution in [0, 0.1) is 0 Å². The number of benzene rings is 1. The van der Waals surface area contributed by atoms with Gasteiger partial charge in [0.05, 0.1) is 23.8 Å². The first kappa shape index (κ1) is 29.5. The summed E-state index contributed by atoms with van der Waals surface area (Å²) in [4.78, 5) is 22.7. The number of nitrogens with one attached hydrogen (secondary N) is 1. The highest BCUT2D eigenvalue weighted by molar-refractivity contribution is 7.89. The molecule has 1 N–H and O–H groups in total. The molecular weight excluding hydrogens is 540 g/mol. The number of carbonyl (C=O) groups is 1. The minimum absolute atomic E-state index is 0.0313. The van der Waals surface area contributed by atoms with Crippen molar-refractivity contribution >= 4 is 27.0 Å². The molecule has 0 unspecified atom stereocenters. The quantitative estimate of drug-likeness (QED) is 0.400. The van der Waals surface area contributed by atoms with Crippen molar-refractivity contribution in [3.05, 3.63) is 41.6 Å². The van der Waals surface area contributed by atoms with E-state index in [2.05, 4.69) is 50.7 Å². The number of ether oxygens (including phenoxy) is 1. The lowest BCUT2D eigenvalue weighted by molar-refractivity contribution is 0.0977. The van der Waals surface area contributed by atoms with Crippen molar-refractivity contribution in [1.82, 2.24) is 29.3 Å². The normalized spacial score (nSPS) is 17.8. The summed E-state index contributed by atoms with van der Waals surface area (Å²) in [6, 6.07) is 10.2. The van der Waals surface area contributed by atoms with Crippen molar-refractivity contribution in [3.63, 3.8) is 0 Å². The van der Waals surface area contributed by atoms with Gasteiger partial charge in [-0.05, 0) is 50.4 Å². The van der Waals surface area contributed by atoms with Gasteiger partial charge in [-0.15, -0.1) is 5.10 Å². The highest BCUT2D eigenvalue weighted by Gasteiger charge is 2.27. The minimum Gasteiger partial charge on any atom is -0.473 e. The van der Waals surface area contributed by atoms with Crippen LogP contribution in [0.1, 0.15) is 75.0 Å². The van der Waals surface area contributed by atoms with Gasteiger partial charge in [-0.3, -0.25) is 9.69 Å². The van der Waals surface area contributed by atoms with E-state index in [1.807, 2.05) is 18.5 Å². The summed E-state index contributed by atoms with van der Waals surface area (Å²) in [7, 11) is -3.76. The average Bonchev–Trinajstić information content (AvgIpc) is 3.30. The van der Waals surface area contributed by atoms with Gasteiger partial charge in [-0.1, -0.05) is 50.5 Å². The first-order valence-corrected chi connectivity index (χ1v) is 16.7. The SMILES string of the molecule is CCN1CCN(Cc2ccc(-c3cc(C(=O)NS(C)(=O)=O)nc4c3c(OC(C)C)nn4C3CCCCC3)cc2)CC1. The number of sulfonamides is 1. The molecule has 0 atom stereocenters. The van der Waals surface area contributed by atoms with Crippen molar-refractivity contribution in [2.75, 3.05) is 39.0 Å². The Balaban J connectivity index is 1.57. The van der Waals surface area contributed by atoms with Gasteiger partial charge in [0.1, 0.15) is 5.69 Å². The Kier molecular flexibility index (Phi) is 8.96. The van der Waals surface area contributed by atoms with E-state index in [9.17, 15) is 13.2 Å². The topological polar surface area (TPSA) is 110 Å². The Morgan fingerprint density at radius 1 is 1.05 bits per heavy atom. The Morgan fingerprint density at radius 3 is 2.32 bits per heavy atom. The van der Waals surface area contributed by atoms with Gasteiger partial charge in [-0.25, -0.2) is 22.8 Å². The van der Waals surface area contributed by atoms with Crippen molar-refractivity contribution in [3.8, 4) is 17.0 Å². The fourth-order valence-electron chi connectivity index (χ4n) is 5.87. The molecule has 5 rings (SSSR count). The summed E-state index contributed by atoms with van der Waals surface area (Å²) < 4.78 is 34.0. The second kappa shape index (κ2) is 12.5. The van der Waals surface area contributed by atoms with Crippen LogP contribution in [-0.2, 0) is 16.6 Å². The largest absolute Gasteiger partial charge is 0.473 e. The first-order valence-electron chi connectivity index (χ1n) is 14.8. The third kappa shape index (κ3) is 7.07. The molecule has 1 aromatic carbocycles. The predicted octanol–water partition coefficient (Wildman–Crippen LogP) is 4.22.